The summed E-state index contributed by atoms with van der Waals surface area (Å²) in [5.41, 5.74) is 1.26. The quantitative estimate of drug-likeness (QED) is 0.678. The van der Waals surface area contributed by atoms with Crippen LogP contribution in [0.1, 0.15) is 42.3 Å². The Hall–Kier alpha value is -2.86. The van der Waals surface area contributed by atoms with E-state index < -0.39 is 17.7 Å². The minimum atomic E-state index is -0.611. The number of phenolic OH excluding ortho intramolecular Hbond substituents is 1. The second-order valence-corrected chi connectivity index (χ2v) is 7.30. The van der Waals surface area contributed by atoms with E-state index in [4.69, 9.17) is 4.74 Å². The summed E-state index contributed by atoms with van der Waals surface area (Å²) in [6.45, 7) is 5.08. The molecular weight excluding hydrogens is 346 g/mol. The van der Waals surface area contributed by atoms with Crippen LogP contribution in [0.15, 0.2) is 48.5 Å². The number of aromatic hydroxyl groups is 1. The number of hydrogen-bond donors (Lipinski definition) is 3. The third-order valence-electron chi connectivity index (χ3n) is 3.77. The van der Waals surface area contributed by atoms with Crippen LogP contribution in [0.4, 0.5) is 4.79 Å². The fourth-order valence-corrected chi connectivity index (χ4v) is 2.49. The summed E-state index contributed by atoms with van der Waals surface area (Å²) in [5.74, 6) is -0.0402. The summed E-state index contributed by atoms with van der Waals surface area (Å²) >= 11 is 0. The maximum absolute atomic E-state index is 12.4. The van der Waals surface area contributed by atoms with Crippen molar-refractivity contribution >= 4 is 11.9 Å². The number of rotatable bonds is 6. The van der Waals surface area contributed by atoms with Gasteiger partial charge in [-0.2, -0.15) is 0 Å². The van der Waals surface area contributed by atoms with Crippen molar-refractivity contribution in [1.29, 1.82) is 0 Å². The number of hydrogen-bond acceptors (Lipinski definition) is 5. The first kappa shape index (κ1) is 20.5. The Bertz CT molecular complexity index is 776. The average Bonchev–Trinajstić information content (AvgIpc) is 2.60. The van der Waals surface area contributed by atoms with Crippen molar-refractivity contribution in [3.05, 3.63) is 65.2 Å². The van der Waals surface area contributed by atoms with Gasteiger partial charge in [-0.3, -0.25) is 4.79 Å². The van der Waals surface area contributed by atoms with Gasteiger partial charge in [-0.1, -0.05) is 24.3 Å². The predicted octanol–water partition coefficient (Wildman–Crippen LogP) is 3.05. The van der Waals surface area contributed by atoms with Gasteiger partial charge in [0, 0.05) is 11.1 Å². The first-order valence-corrected chi connectivity index (χ1v) is 8.71. The minimum Gasteiger partial charge on any atom is -0.508 e. The Labute approximate surface area is 158 Å². The molecule has 0 fully saturated rings. The van der Waals surface area contributed by atoms with Crippen molar-refractivity contribution in [2.75, 3.05) is 6.61 Å². The molecule has 2 aromatic carbocycles. The minimum absolute atomic E-state index is 0.106. The Balaban J connectivity index is 2.00. The molecule has 0 heterocycles. The Kier molecular flexibility index (Phi) is 6.58. The molecule has 6 heteroatoms. The zero-order chi connectivity index (χ0) is 20.0. The van der Waals surface area contributed by atoms with Crippen LogP contribution in [-0.4, -0.2) is 40.3 Å². The molecule has 3 N–H and O–H groups in total. The number of benzene rings is 2. The molecule has 0 aliphatic rings. The van der Waals surface area contributed by atoms with E-state index in [-0.39, 0.29) is 18.1 Å². The number of alkyl carbamates (subject to hydrolysis) is 1. The highest BCUT2D eigenvalue weighted by Crippen LogP contribution is 2.15. The van der Waals surface area contributed by atoms with Crippen LogP contribution in [0.25, 0.3) is 0 Å². The molecule has 1 amide bonds. The van der Waals surface area contributed by atoms with Gasteiger partial charge in [0.1, 0.15) is 11.4 Å². The predicted molar refractivity (Wildman–Crippen MR) is 102 cm³/mol. The van der Waals surface area contributed by atoms with Crippen molar-refractivity contribution < 1.29 is 24.5 Å². The van der Waals surface area contributed by atoms with E-state index in [1.54, 1.807) is 57.2 Å². The lowest BCUT2D eigenvalue weighted by molar-refractivity contribution is 0.0482. The fraction of sp³-hybridized carbons (Fsp3) is 0.333. The van der Waals surface area contributed by atoms with Crippen molar-refractivity contribution in [3.8, 4) is 5.75 Å². The molecular formula is C21H25NO5. The third-order valence-corrected chi connectivity index (χ3v) is 3.77. The number of aliphatic hydroxyl groups is 1. The lowest BCUT2D eigenvalue weighted by Crippen LogP contribution is -2.42. The van der Waals surface area contributed by atoms with E-state index in [0.29, 0.717) is 17.5 Å². The number of ether oxygens (including phenoxy) is 1. The van der Waals surface area contributed by atoms with Gasteiger partial charge in [-0.25, -0.2) is 4.79 Å². The van der Waals surface area contributed by atoms with Crippen LogP contribution >= 0.6 is 0 Å². The molecule has 27 heavy (non-hydrogen) atoms. The van der Waals surface area contributed by atoms with Gasteiger partial charge in [0.2, 0.25) is 0 Å². The van der Waals surface area contributed by atoms with E-state index in [1.165, 1.54) is 12.1 Å². The molecule has 0 bridgehead atoms. The number of phenols is 1. The number of aliphatic hydroxyl groups excluding tert-OH is 1. The zero-order valence-electron chi connectivity index (χ0n) is 15.7. The molecule has 0 aliphatic carbocycles. The molecule has 0 unspecified atom stereocenters. The van der Waals surface area contributed by atoms with E-state index in [2.05, 4.69) is 5.32 Å². The molecule has 0 saturated heterocycles. The fourth-order valence-electron chi connectivity index (χ4n) is 2.49. The van der Waals surface area contributed by atoms with Gasteiger partial charge in [0.25, 0.3) is 0 Å². The molecule has 2 rings (SSSR count). The van der Waals surface area contributed by atoms with Crippen molar-refractivity contribution in [1.82, 2.24) is 5.32 Å². The van der Waals surface area contributed by atoms with E-state index >= 15 is 0 Å². The molecule has 2 aromatic rings. The normalized spacial score (nSPS) is 12.3. The van der Waals surface area contributed by atoms with Gasteiger partial charge in [-0.15, -0.1) is 0 Å². The lowest BCUT2D eigenvalue weighted by Gasteiger charge is -2.22. The van der Waals surface area contributed by atoms with Gasteiger partial charge < -0.3 is 20.3 Å². The highest BCUT2D eigenvalue weighted by Gasteiger charge is 2.19. The first-order valence-electron chi connectivity index (χ1n) is 8.71. The van der Waals surface area contributed by atoms with Gasteiger partial charge in [-0.05, 0) is 57.0 Å². The molecule has 0 aromatic heterocycles. The summed E-state index contributed by atoms with van der Waals surface area (Å²) in [5, 5.41) is 21.4. The summed E-state index contributed by atoms with van der Waals surface area (Å²) in [6, 6.07) is 12.6. The van der Waals surface area contributed by atoms with Crippen molar-refractivity contribution in [3.63, 3.8) is 0 Å². The van der Waals surface area contributed by atoms with Crippen LogP contribution in [-0.2, 0) is 11.2 Å². The van der Waals surface area contributed by atoms with Gasteiger partial charge >= 0.3 is 6.09 Å². The molecule has 1 atom stereocenters. The second kappa shape index (κ2) is 8.68. The first-order chi connectivity index (χ1) is 12.7. The molecule has 0 radical (unpaired) electrons. The van der Waals surface area contributed by atoms with E-state index in [1.807, 2.05) is 0 Å². The summed E-state index contributed by atoms with van der Waals surface area (Å²) in [4.78, 5) is 24.3. The second-order valence-electron chi connectivity index (χ2n) is 7.30. The van der Waals surface area contributed by atoms with Crippen LogP contribution < -0.4 is 5.32 Å². The molecule has 0 saturated carbocycles. The highest BCUT2D eigenvalue weighted by molar-refractivity contribution is 6.09. The van der Waals surface area contributed by atoms with Gasteiger partial charge in [0.05, 0.1) is 12.6 Å². The van der Waals surface area contributed by atoms with E-state index in [9.17, 15) is 19.8 Å². The maximum atomic E-state index is 12.4. The third kappa shape index (κ3) is 6.42. The number of nitrogens with one attached hydrogen (secondary N) is 1. The molecule has 0 spiro atoms. The SMILES string of the molecule is CC(C)(C)OC(=O)N[C@H](CO)Cc1ccc(C(=O)c2ccc(O)cc2)cc1. The average molecular weight is 371 g/mol. The Morgan fingerprint density at radius 2 is 1.52 bits per heavy atom. The van der Waals surface area contributed by atoms with Crippen LogP contribution in [0.3, 0.4) is 0 Å². The molecule has 6 nitrogen and oxygen atoms in total. The zero-order valence-corrected chi connectivity index (χ0v) is 15.7. The van der Waals surface area contributed by atoms with E-state index in [0.717, 1.165) is 5.56 Å². The van der Waals surface area contributed by atoms with Crippen molar-refractivity contribution in [2.45, 2.75) is 38.8 Å². The number of amides is 1. The Morgan fingerprint density at radius 3 is 2.00 bits per heavy atom. The summed E-state index contributed by atoms with van der Waals surface area (Å²) < 4.78 is 5.19. The van der Waals surface area contributed by atoms with Crippen LogP contribution in [0, 0.1) is 0 Å². The van der Waals surface area contributed by atoms with Crippen LogP contribution in [0.2, 0.25) is 0 Å². The standard InChI is InChI=1S/C21H25NO5/c1-21(2,3)27-20(26)22-17(13-23)12-14-4-6-15(7-5-14)19(25)16-8-10-18(24)11-9-16/h4-11,17,23-24H,12-13H2,1-3H3,(H,22,26)/t17-/m0/s1. The van der Waals surface area contributed by atoms with Crippen LogP contribution in [0.5, 0.6) is 5.75 Å². The smallest absolute Gasteiger partial charge is 0.407 e. The maximum Gasteiger partial charge on any atom is 0.407 e. The topological polar surface area (TPSA) is 95.9 Å². The largest absolute Gasteiger partial charge is 0.508 e. The molecule has 144 valence electrons. The highest BCUT2D eigenvalue weighted by atomic mass is 16.6. The Morgan fingerprint density at radius 1 is 1.00 bits per heavy atom. The summed E-state index contributed by atoms with van der Waals surface area (Å²) in [6.07, 6.45) is -0.177. The molecule has 0 aliphatic heterocycles. The number of carbonyl (C=O) groups excluding carboxylic acids is 2. The van der Waals surface area contributed by atoms with Gasteiger partial charge in [0.15, 0.2) is 5.78 Å². The summed E-state index contributed by atoms with van der Waals surface area (Å²) in [7, 11) is 0. The number of ketones is 1. The monoisotopic (exact) mass is 371 g/mol. The number of carbonyl (C=O) groups is 2. The van der Waals surface area contributed by atoms with Crippen molar-refractivity contribution in [2.24, 2.45) is 0 Å². The lowest BCUT2D eigenvalue weighted by atomic mass is 10.00.